The van der Waals surface area contributed by atoms with E-state index in [1.807, 2.05) is 0 Å². The van der Waals surface area contributed by atoms with Crippen molar-refractivity contribution in [3.8, 4) is 11.3 Å². The van der Waals surface area contributed by atoms with Crippen LogP contribution in [0.2, 0.25) is 0 Å². The van der Waals surface area contributed by atoms with Crippen molar-refractivity contribution in [2.24, 2.45) is 0 Å². The molecule has 0 aliphatic carbocycles. The molecule has 0 fully saturated rings. The van der Waals surface area contributed by atoms with Gasteiger partial charge in [0.15, 0.2) is 0 Å². The maximum absolute atomic E-state index is 14.1. The van der Waals surface area contributed by atoms with Crippen LogP contribution >= 0.6 is 0 Å². The first-order valence-electron chi connectivity index (χ1n) is 5.93. The fourth-order valence-corrected chi connectivity index (χ4v) is 2.10. The standard InChI is InChI=1S/C13H13F4N3/c1-6(2)9-11(19-20-12(9)18)7-4-3-5-8(10(7)14)13(15,16)17/h3-6H,1-2H3,(H3,18,19,20). The van der Waals surface area contributed by atoms with E-state index < -0.39 is 17.6 Å². The number of alkyl halides is 3. The van der Waals surface area contributed by atoms with Gasteiger partial charge < -0.3 is 5.73 Å². The molecule has 0 unspecified atom stereocenters. The number of aromatic nitrogens is 2. The molecule has 1 aromatic heterocycles. The van der Waals surface area contributed by atoms with E-state index in [9.17, 15) is 17.6 Å². The monoisotopic (exact) mass is 287 g/mol. The predicted octanol–water partition coefficient (Wildman–Crippen LogP) is 3.94. The topological polar surface area (TPSA) is 54.7 Å². The molecule has 0 saturated carbocycles. The molecule has 2 aromatic rings. The van der Waals surface area contributed by atoms with Crippen molar-refractivity contribution in [1.82, 2.24) is 10.2 Å². The normalized spacial score (nSPS) is 12.2. The van der Waals surface area contributed by atoms with E-state index in [4.69, 9.17) is 5.73 Å². The molecule has 1 aromatic carbocycles. The second kappa shape index (κ2) is 4.81. The molecule has 0 amide bonds. The zero-order valence-electron chi connectivity index (χ0n) is 10.8. The molecule has 0 atom stereocenters. The number of hydrogen-bond acceptors (Lipinski definition) is 2. The molecule has 1 heterocycles. The first-order chi connectivity index (χ1) is 9.23. The van der Waals surface area contributed by atoms with Crippen molar-refractivity contribution in [2.75, 3.05) is 5.73 Å². The van der Waals surface area contributed by atoms with Crippen LogP contribution in [-0.2, 0) is 6.18 Å². The van der Waals surface area contributed by atoms with Gasteiger partial charge in [-0.05, 0) is 18.1 Å². The van der Waals surface area contributed by atoms with E-state index in [-0.39, 0.29) is 23.0 Å². The lowest BCUT2D eigenvalue weighted by Gasteiger charge is -2.12. The molecule has 0 bridgehead atoms. The Morgan fingerprint density at radius 1 is 1.25 bits per heavy atom. The third-order valence-corrected chi connectivity index (χ3v) is 2.98. The van der Waals surface area contributed by atoms with Gasteiger partial charge in [-0.2, -0.15) is 18.3 Å². The maximum Gasteiger partial charge on any atom is 0.419 e. The van der Waals surface area contributed by atoms with E-state index in [2.05, 4.69) is 10.2 Å². The number of aromatic amines is 1. The highest BCUT2D eigenvalue weighted by molar-refractivity contribution is 5.70. The van der Waals surface area contributed by atoms with E-state index in [0.717, 1.165) is 6.07 Å². The van der Waals surface area contributed by atoms with Crippen molar-refractivity contribution in [3.63, 3.8) is 0 Å². The van der Waals surface area contributed by atoms with Gasteiger partial charge in [-0.15, -0.1) is 0 Å². The van der Waals surface area contributed by atoms with Crippen LogP contribution in [0.4, 0.5) is 23.4 Å². The molecule has 0 spiro atoms. The molecule has 108 valence electrons. The number of anilines is 1. The Labute approximate surface area is 112 Å². The van der Waals surface area contributed by atoms with E-state index in [1.165, 1.54) is 6.07 Å². The molecule has 0 aliphatic rings. The number of H-pyrrole nitrogens is 1. The number of halogens is 4. The lowest BCUT2D eigenvalue weighted by Crippen LogP contribution is -2.09. The zero-order chi connectivity index (χ0) is 15.1. The molecule has 2 rings (SSSR count). The minimum absolute atomic E-state index is 0.0994. The SMILES string of the molecule is CC(C)c1c(N)n[nH]c1-c1cccc(C(F)(F)F)c1F. The third kappa shape index (κ3) is 2.35. The number of hydrogen-bond donors (Lipinski definition) is 2. The lowest BCUT2D eigenvalue weighted by atomic mass is 9.97. The van der Waals surface area contributed by atoms with Crippen molar-refractivity contribution < 1.29 is 17.6 Å². The van der Waals surface area contributed by atoms with Gasteiger partial charge in [0.1, 0.15) is 11.6 Å². The first kappa shape index (κ1) is 14.4. The number of rotatable bonds is 2. The Bertz CT molecular complexity index is 629. The van der Waals surface area contributed by atoms with Gasteiger partial charge >= 0.3 is 6.18 Å². The number of nitrogen functional groups attached to an aromatic ring is 1. The maximum atomic E-state index is 14.1. The van der Waals surface area contributed by atoms with Crippen LogP contribution in [0.25, 0.3) is 11.3 Å². The van der Waals surface area contributed by atoms with E-state index >= 15 is 0 Å². The Kier molecular flexibility index (Phi) is 3.45. The number of nitrogens with zero attached hydrogens (tertiary/aromatic N) is 1. The molecule has 0 radical (unpaired) electrons. The van der Waals surface area contributed by atoms with Crippen LogP contribution < -0.4 is 5.73 Å². The summed E-state index contributed by atoms with van der Waals surface area (Å²) in [7, 11) is 0. The lowest BCUT2D eigenvalue weighted by molar-refractivity contribution is -0.139. The van der Waals surface area contributed by atoms with Gasteiger partial charge in [0.2, 0.25) is 0 Å². The summed E-state index contributed by atoms with van der Waals surface area (Å²) < 4.78 is 52.3. The Hall–Kier alpha value is -2.05. The van der Waals surface area contributed by atoms with Gasteiger partial charge in [0.05, 0.1) is 11.3 Å². The third-order valence-electron chi connectivity index (χ3n) is 2.98. The average molecular weight is 287 g/mol. The number of nitrogens with two attached hydrogens (primary N) is 1. The zero-order valence-corrected chi connectivity index (χ0v) is 10.8. The predicted molar refractivity (Wildman–Crippen MR) is 67.5 cm³/mol. The molecule has 0 saturated heterocycles. The highest BCUT2D eigenvalue weighted by Gasteiger charge is 2.35. The molecular formula is C13H13F4N3. The van der Waals surface area contributed by atoms with Gasteiger partial charge in [0, 0.05) is 11.1 Å². The summed E-state index contributed by atoms with van der Waals surface area (Å²) in [4.78, 5) is 0. The van der Waals surface area contributed by atoms with Gasteiger partial charge in [-0.3, -0.25) is 5.10 Å². The average Bonchev–Trinajstić information content (AvgIpc) is 2.69. The molecular weight excluding hydrogens is 274 g/mol. The second-order valence-corrected chi connectivity index (χ2v) is 4.72. The molecule has 7 heteroatoms. The molecule has 0 aliphatic heterocycles. The van der Waals surface area contributed by atoms with Crippen LogP contribution in [0.1, 0.15) is 30.9 Å². The summed E-state index contributed by atoms with van der Waals surface area (Å²) in [6.45, 7) is 3.60. The van der Waals surface area contributed by atoms with Crippen LogP contribution in [0.15, 0.2) is 18.2 Å². The van der Waals surface area contributed by atoms with E-state index in [0.29, 0.717) is 11.6 Å². The van der Waals surface area contributed by atoms with Crippen LogP contribution in [0.5, 0.6) is 0 Å². The fraction of sp³-hybridized carbons (Fsp3) is 0.308. The molecule has 3 N–H and O–H groups in total. The van der Waals surface area contributed by atoms with Crippen molar-refractivity contribution in [3.05, 3.63) is 35.1 Å². The van der Waals surface area contributed by atoms with Crippen molar-refractivity contribution >= 4 is 5.82 Å². The smallest absolute Gasteiger partial charge is 0.382 e. The fourth-order valence-electron chi connectivity index (χ4n) is 2.10. The summed E-state index contributed by atoms with van der Waals surface area (Å²) in [6.07, 6.45) is -4.75. The Morgan fingerprint density at radius 2 is 1.90 bits per heavy atom. The number of nitrogens with one attached hydrogen (secondary N) is 1. The minimum atomic E-state index is -4.75. The van der Waals surface area contributed by atoms with Crippen molar-refractivity contribution in [1.29, 1.82) is 0 Å². The van der Waals surface area contributed by atoms with Crippen molar-refractivity contribution in [2.45, 2.75) is 25.9 Å². The largest absolute Gasteiger partial charge is 0.419 e. The van der Waals surface area contributed by atoms with Gasteiger partial charge in [-0.25, -0.2) is 4.39 Å². The second-order valence-electron chi connectivity index (χ2n) is 4.72. The molecule has 3 nitrogen and oxygen atoms in total. The summed E-state index contributed by atoms with van der Waals surface area (Å²) in [6, 6.07) is 3.12. The van der Waals surface area contributed by atoms with Crippen LogP contribution in [0, 0.1) is 5.82 Å². The van der Waals surface area contributed by atoms with Gasteiger partial charge in [0.25, 0.3) is 0 Å². The first-order valence-corrected chi connectivity index (χ1v) is 5.93. The Morgan fingerprint density at radius 3 is 2.45 bits per heavy atom. The van der Waals surface area contributed by atoms with E-state index in [1.54, 1.807) is 13.8 Å². The number of benzene rings is 1. The highest BCUT2D eigenvalue weighted by atomic mass is 19.4. The minimum Gasteiger partial charge on any atom is -0.382 e. The van der Waals surface area contributed by atoms with Crippen LogP contribution in [-0.4, -0.2) is 10.2 Å². The highest BCUT2D eigenvalue weighted by Crippen LogP contribution is 2.38. The Balaban J connectivity index is 2.66. The van der Waals surface area contributed by atoms with Crippen LogP contribution in [0.3, 0.4) is 0 Å². The molecule has 20 heavy (non-hydrogen) atoms. The summed E-state index contributed by atoms with van der Waals surface area (Å²) in [5.74, 6) is -1.27. The summed E-state index contributed by atoms with van der Waals surface area (Å²) >= 11 is 0. The summed E-state index contributed by atoms with van der Waals surface area (Å²) in [5, 5.41) is 6.26. The van der Waals surface area contributed by atoms with Gasteiger partial charge in [-0.1, -0.05) is 19.9 Å². The summed E-state index contributed by atoms with van der Waals surface area (Å²) in [5.41, 5.74) is 4.86. The quantitative estimate of drug-likeness (QED) is 0.822.